The summed E-state index contributed by atoms with van der Waals surface area (Å²) in [5.41, 5.74) is 1.78. The van der Waals surface area contributed by atoms with Gasteiger partial charge in [0.1, 0.15) is 0 Å². The molecule has 0 amide bonds. The third-order valence-electron chi connectivity index (χ3n) is 3.53. The molecule has 0 saturated carbocycles. The highest BCUT2D eigenvalue weighted by Gasteiger charge is 2.09. The molecule has 0 aliphatic carbocycles. The normalized spacial score (nSPS) is 11.1. The number of fused-ring (bicyclic) bond motifs is 1. The van der Waals surface area contributed by atoms with Crippen molar-refractivity contribution in [2.24, 2.45) is 0 Å². The van der Waals surface area contributed by atoms with Gasteiger partial charge in [0.15, 0.2) is 11.5 Å². The van der Waals surface area contributed by atoms with Gasteiger partial charge in [-0.05, 0) is 60.7 Å². The fraction of sp³-hybridized carbons (Fsp3) is 0. The Bertz CT molecular complexity index is 995. The number of hydrogen-bond donors (Lipinski definition) is 0. The molecule has 2 aromatic heterocycles. The van der Waals surface area contributed by atoms with E-state index in [2.05, 4.69) is 10.2 Å². The van der Waals surface area contributed by atoms with Gasteiger partial charge in [0.05, 0.1) is 0 Å². The minimum Gasteiger partial charge on any atom is -0.281 e. The number of pyridine rings is 1. The molecule has 0 atom stereocenters. The maximum Gasteiger partial charge on any atom is 0.168 e. The number of benzene rings is 2. The molecule has 0 saturated heterocycles. The third kappa shape index (κ3) is 3.13. The van der Waals surface area contributed by atoms with Crippen LogP contribution in [0.15, 0.2) is 76.7 Å². The van der Waals surface area contributed by atoms with Gasteiger partial charge in [-0.2, -0.15) is 0 Å². The number of hydrogen-bond acceptors (Lipinski definition) is 3. The first kappa shape index (κ1) is 15.5. The number of halogens is 2. The summed E-state index contributed by atoms with van der Waals surface area (Å²) >= 11 is 13.6. The van der Waals surface area contributed by atoms with Crippen molar-refractivity contribution < 1.29 is 0 Å². The van der Waals surface area contributed by atoms with Crippen LogP contribution in [0.3, 0.4) is 0 Å². The fourth-order valence-electron chi connectivity index (χ4n) is 2.37. The first-order valence-corrected chi connectivity index (χ1v) is 8.80. The van der Waals surface area contributed by atoms with Crippen molar-refractivity contribution in [1.29, 1.82) is 0 Å². The second kappa shape index (κ2) is 6.48. The third-order valence-corrected chi connectivity index (χ3v) is 5.02. The van der Waals surface area contributed by atoms with E-state index in [0.29, 0.717) is 5.02 Å². The van der Waals surface area contributed by atoms with Crippen LogP contribution in [0.25, 0.3) is 17.0 Å². The summed E-state index contributed by atoms with van der Waals surface area (Å²) in [5.74, 6) is 0.792. The summed E-state index contributed by atoms with van der Waals surface area (Å²) in [7, 11) is 0. The predicted octanol–water partition coefficient (Wildman–Crippen LogP) is 5.85. The topological polar surface area (TPSA) is 30.2 Å². The van der Waals surface area contributed by atoms with Crippen molar-refractivity contribution in [1.82, 2.24) is 14.6 Å². The molecule has 0 fully saturated rings. The lowest BCUT2D eigenvalue weighted by molar-refractivity contribution is 1.10. The molecule has 3 nitrogen and oxygen atoms in total. The van der Waals surface area contributed by atoms with Crippen LogP contribution in [-0.2, 0) is 0 Å². The average molecular weight is 372 g/mol. The minimum absolute atomic E-state index is 0.701. The number of nitrogens with zero attached hydrogens (tertiary/aromatic N) is 3. The molecule has 4 rings (SSSR count). The van der Waals surface area contributed by atoms with Crippen LogP contribution in [-0.4, -0.2) is 14.6 Å². The molecule has 118 valence electrons. The van der Waals surface area contributed by atoms with E-state index in [4.69, 9.17) is 23.2 Å². The van der Waals surface area contributed by atoms with Gasteiger partial charge < -0.3 is 0 Å². The Labute approximate surface area is 153 Å². The molecule has 4 aromatic rings. The van der Waals surface area contributed by atoms with Crippen molar-refractivity contribution in [2.75, 3.05) is 0 Å². The summed E-state index contributed by atoms with van der Waals surface area (Å²) in [6, 6.07) is 19.4. The highest BCUT2D eigenvalue weighted by molar-refractivity contribution is 7.99. The van der Waals surface area contributed by atoms with Gasteiger partial charge in [-0.25, -0.2) is 0 Å². The van der Waals surface area contributed by atoms with E-state index in [1.54, 1.807) is 11.8 Å². The van der Waals surface area contributed by atoms with Gasteiger partial charge in [0, 0.05) is 31.6 Å². The fourth-order valence-corrected chi connectivity index (χ4v) is 3.46. The molecule has 0 aliphatic rings. The van der Waals surface area contributed by atoms with E-state index in [1.807, 2.05) is 71.3 Å². The van der Waals surface area contributed by atoms with Crippen LogP contribution >= 0.6 is 35.0 Å². The zero-order valence-electron chi connectivity index (χ0n) is 12.4. The zero-order valence-corrected chi connectivity index (χ0v) is 14.7. The van der Waals surface area contributed by atoms with E-state index >= 15 is 0 Å². The Balaban J connectivity index is 1.72. The first-order chi connectivity index (χ1) is 11.7. The number of rotatable bonds is 3. The molecule has 0 aliphatic heterocycles. The van der Waals surface area contributed by atoms with Crippen LogP contribution < -0.4 is 0 Å². The van der Waals surface area contributed by atoms with E-state index in [-0.39, 0.29) is 0 Å². The maximum atomic E-state index is 5.96. The van der Waals surface area contributed by atoms with Gasteiger partial charge in [-0.15, -0.1) is 10.2 Å². The molecule has 0 N–H and O–H groups in total. The lowest BCUT2D eigenvalue weighted by Crippen LogP contribution is -1.90. The molecule has 2 heterocycles. The SMILES string of the molecule is Clc1ccc(Sc2ccc3nnc(-c4ccc(Cl)cc4)n3c2)cc1. The van der Waals surface area contributed by atoms with Crippen LogP contribution in [0, 0.1) is 0 Å². The average Bonchev–Trinajstić information content (AvgIpc) is 3.01. The van der Waals surface area contributed by atoms with Crippen LogP contribution in [0.4, 0.5) is 0 Å². The standard InChI is InChI=1S/C18H11Cl2N3S/c19-13-3-1-12(2-4-13)18-22-21-17-10-9-16(11-23(17)18)24-15-7-5-14(20)6-8-15/h1-11H. The highest BCUT2D eigenvalue weighted by atomic mass is 35.5. The van der Waals surface area contributed by atoms with Gasteiger partial charge in [0.2, 0.25) is 0 Å². The predicted molar refractivity (Wildman–Crippen MR) is 99.0 cm³/mol. The largest absolute Gasteiger partial charge is 0.281 e. The molecule has 0 bridgehead atoms. The zero-order chi connectivity index (χ0) is 16.5. The monoisotopic (exact) mass is 371 g/mol. The summed E-state index contributed by atoms with van der Waals surface area (Å²) in [6.07, 6.45) is 2.04. The van der Waals surface area contributed by atoms with Crippen molar-refractivity contribution in [3.8, 4) is 11.4 Å². The maximum absolute atomic E-state index is 5.96. The summed E-state index contributed by atoms with van der Waals surface area (Å²) in [4.78, 5) is 2.22. The highest BCUT2D eigenvalue weighted by Crippen LogP contribution is 2.30. The molecular formula is C18H11Cl2N3S. The Morgan fingerprint density at radius 3 is 2.04 bits per heavy atom. The Morgan fingerprint density at radius 2 is 1.33 bits per heavy atom. The Kier molecular flexibility index (Phi) is 4.19. The molecule has 2 aromatic carbocycles. The molecule has 24 heavy (non-hydrogen) atoms. The van der Waals surface area contributed by atoms with Crippen LogP contribution in [0.1, 0.15) is 0 Å². The van der Waals surface area contributed by atoms with Crippen molar-refractivity contribution in [3.63, 3.8) is 0 Å². The van der Waals surface area contributed by atoms with Crippen molar-refractivity contribution >= 4 is 40.6 Å². The first-order valence-electron chi connectivity index (χ1n) is 7.23. The van der Waals surface area contributed by atoms with Gasteiger partial charge in [-0.1, -0.05) is 35.0 Å². The van der Waals surface area contributed by atoms with Gasteiger partial charge in [-0.3, -0.25) is 4.40 Å². The van der Waals surface area contributed by atoms with Crippen LogP contribution in [0.2, 0.25) is 10.0 Å². The van der Waals surface area contributed by atoms with Gasteiger partial charge >= 0.3 is 0 Å². The van der Waals surface area contributed by atoms with Crippen molar-refractivity contribution in [2.45, 2.75) is 9.79 Å². The van der Waals surface area contributed by atoms with Crippen molar-refractivity contribution in [3.05, 3.63) is 76.9 Å². The minimum atomic E-state index is 0.701. The number of aromatic nitrogens is 3. The molecular weight excluding hydrogens is 361 g/mol. The second-order valence-corrected chi connectivity index (χ2v) is 7.20. The lowest BCUT2D eigenvalue weighted by Gasteiger charge is -2.05. The summed E-state index contributed by atoms with van der Waals surface area (Å²) < 4.78 is 1.99. The molecule has 0 unspecified atom stereocenters. The Hall–Kier alpha value is -2.01. The summed E-state index contributed by atoms with van der Waals surface area (Å²) in [5, 5.41) is 9.96. The summed E-state index contributed by atoms with van der Waals surface area (Å²) in [6.45, 7) is 0. The van der Waals surface area contributed by atoms with Crippen LogP contribution in [0.5, 0.6) is 0 Å². The quantitative estimate of drug-likeness (QED) is 0.452. The van der Waals surface area contributed by atoms with Gasteiger partial charge in [0.25, 0.3) is 0 Å². The molecule has 0 spiro atoms. The van der Waals surface area contributed by atoms with E-state index in [0.717, 1.165) is 31.8 Å². The molecule has 6 heteroatoms. The Morgan fingerprint density at radius 1 is 0.708 bits per heavy atom. The van der Waals surface area contributed by atoms with E-state index < -0.39 is 0 Å². The lowest BCUT2D eigenvalue weighted by atomic mass is 10.2. The smallest absolute Gasteiger partial charge is 0.168 e. The van der Waals surface area contributed by atoms with E-state index in [1.165, 1.54) is 0 Å². The molecule has 0 radical (unpaired) electrons. The van der Waals surface area contributed by atoms with E-state index in [9.17, 15) is 0 Å². The second-order valence-electron chi connectivity index (χ2n) is 5.18.